The summed E-state index contributed by atoms with van der Waals surface area (Å²) < 4.78 is 11.2. The maximum absolute atomic E-state index is 12.9. The van der Waals surface area contributed by atoms with E-state index >= 15 is 0 Å². The zero-order valence-electron chi connectivity index (χ0n) is 17.9. The molecule has 1 unspecified atom stereocenters. The molecule has 1 aromatic heterocycles. The lowest BCUT2D eigenvalue weighted by Crippen LogP contribution is -2.29. The third kappa shape index (κ3) is 4.01. The number of carbonyl (C=O) groups is 1. The van der Waals surface area contributed by atoms with Gasteiger partial charge in [0.25, 0.3) is 5.91 Å². The van der Waals surface area contributed by atoms with Gasteiger partial charge in [-0.05, 0) is 35.9 Å². The second-order valence-corrected chi connectivity index (χ2v) is 7.33. The summed E-state index contributed by atoms with van der Waals surface area (Å²) in [5.74, 6) is 0.821. The van der Waals surface area contributed by atoms with Gasteiger partial charge in [0.15, 0.2) is 11.5 Å². The molecule has 0 bridgehead atoms. The highest BCUT2D eigenvalue weighted by Gasteiger charge is 2.24. The zero-order valence-corrected chi connectivity index (χ0v) is 17.9. The van der Waals surface area contributed by atoms with Crippen molar-refractivity contribution < 1.29 is 14.3 Å². The number of methoxy groups -OCH3 is 2. The van der Waals surface area contributed by atoms with Crippen LogP contribution in [0.2, 0.25) is 0 Å². The summed E-state index contributed by atoms with van der Waals surface area (Å²) in [6.07, 6.45) is 1.97. The van der Waals surface area contributed by atoms with E-state index in [-0.39, 0.29) is 11.8 Å². The van der Waals surface area contributed by atoms with Crippen molar-refractivity contribution in [2.45, 2.75) is 5.92 Å². The summed E-state index contributed by atoms with van der Waals surface area (Å²) in [5.41, 5.74) is 3.85. The lowest BCUT2D eigenvalue weighted by Gasteiger charge is -2.22. The number of H-pyrrole nitrogens is 1. The van der Waals surface area contributed by atoms with Crippen LogP contribution in [0.25, 0.3) is 10.9 Å². The number of hydrogen-bond acceptors (Lipinski definition) is 4. The molecule has 6 nitrogen and oxygen atoms in total. The Morgan fingerprint density at radius 2 is 1.84 bits per heavy atom. The number of benzene rings is 3. The molecule has 0 radical (unpaired) electrons. The predicted molar refractivity (Wildman–Crippen MR) is 123 cm³/mol. The lowest BCUT2D eigenvalue weighted by atomic mass is 9.89. The van der Waals surface area contributed by atoms with Crippen LogP contribution >= 0.6 is 0 Å². The molecule has 6 heteroatoms. The number of nitriles is 1. The summed E-state index contributed by atoms with van der Waals surface area (Å²) in [5, 5.41) is 13.2. The predicted octanol–water partition coefficient (Wildman–Crippen LogP) is 4.62. The third-order valence-electron chi connectivity index (χ3n) is 5.53. The number of hydrogen-bond donors (Lipinski definition) is 2. The van der Waals surface area contributed by atoms with Crippen LogP contribution in [-0.2, 0) is 0 Å². The van der Waals surface area contributed by atoms with E-state index in [1.807, 2.05) is 42.6 Å². The van der Waals surface area contributed by atoms with E-state index in [2.05, 4.69) is 22.4 Å². The number of aromatic amines is 1. The Labute approximate surface area is 186 Å². The average molecular weight is 425 g/mol. The van der Waals surface area contributed by atoms with E-state index in [1.54, 1.807) is 38.5 Å². The first-order valence-corrected chi connectivity index (χ1v) is 10.2. The van der Waals surface area contributed by atoms with Crippen molar-refractivity contribution in [3.8, 4) is 17.6 Å². The van der Waals surface area contributed by atoms with E-state index in [9.17, 15) is 4.79 Å². The van der Waals surface area contributed by atoms with Crippen molar-refractivity contribution in [1.82, 2.24) is 10.3 Å². The monoisotopic (exact) mass is 425 g/mol. The second kappa shape index (κ2) is 9.27. The highest BCUT2D eigenvalue weighted by Crippen LogP contribution is 2.40. The SMILES string of the molecule is COc1cccc(C(CNC(=O)c2cccc(C#N)c2)c2c[nH]c3ccccc23)c1OC. The van der Waals surface area contributed by atoms with Crippen molar-refractivity contribution in [1.29, 1.82) is 5.26 Å². The fourth-order valence-corrected chi connectivity index (χ4v) is 3.98. The van der Waals surface area contributed by atoms with Crippen LogP contribution in [0.15, 0.2) is 72.9 Å². The molecule has 1 atom stereocenters. The normalized spacial score (nSPS) is 11.5. The highest BCUT2D eigenvalue weighted by molar-refractivity contribution is 5.94. The van der Waals surface area contributed by atoms with Crippen LogP contribution in [0.3, 0.4) is 0 Å². The van der Waals surface area contributed by atoms with E-state index < -0.39 is 0 Å². The topological polar surface area (TPSA) is 87.1 Å². The number of para-hydroxylation sites is 2. The molecule has 32 heavy (non-hydrogen) atoms. The van der Waals surface area contributed by atoms with Gasteiger partial charge in [0.05, 0.1) is 25.9 Å². The Bertz CT molecular complexity index is 1300. The minimum absolute atomic E-state index is 0.195. The molecular weight excluding hydrogens is 402 g/mol. The number of fused-ring (bicyclic) bond motifs is 1. The van der Waals surface area contributed by atoms with Gasteiger partial charge in [-0.1, -0.05) is 36.4 Å². The quantitative estimate of drug-likeness (QED) is 0.452. The largest absolute Gasteiger partial charge is 0.493 e. The molecule has 0 aliphatic carbocycles. The van der Waals surface area contributed by atoms with Gasteiger partial charge in [-0.15, -0.1) is 0 Å². The van der Waals surface area contributed by atoms with Crippen molar-refractivity contribution in [2.75, 3.05) is 20.8 Å². The number of rotatable bonds is 7. The second-order valence-electron chi connectivity index (χ2n) is 7.33. The van der Waals surface area contributed by atoms with Crippen molar-refractivity contribution in [3.05, 3.63) is 95.2 Å². The Morgan fingerprint density at radius 3 is 2.62 bits per heavy atom. The molecule has 0 saturated carbocycles. The van der Waals surface area contributed by atoms with Crippen LogP contribution in [0.1, 0.15) is 33.0 Å². The van der Waals surface area contributed by atoms with Crippen LogP contribution < -0.4 is 14.8 Å². The van der Waals surface area contributed by atoms with Crippen LogP contribution in [0, 0.1) is 11.3 Å². The maximum atomic E-state index is 12.9. The lowest BCUT2D eigenvalue weighted by molar-refractivity contribution is 0.0952. The Kier molecular flexibility index (Phi) is 6.09. The molecule has 0 aliphatic heterocycles. The molecule has 4 aromatic rings. The molecule has 160 valence electrons. The molecule has 2 N–H and O–H groups in total. The minimum Gasteiger partial charge on any atom is -0.493 e. The molecule has 1 heterocycles. The number of nitrogens with zero attached hydrogens (tertiary/aromatic N) is 1. The van der Waals surface area contributed by atoms with E-state index in [1.165, 1.54) is 0 Å². The van der Waals surface area contributed by atoms with Gasteiger partial charge in [-0.2, -0.15) is 5.26 Å². The molecule has 0 spiro atoms. The van der Waals surface area contributed by atoms with Crippen molar-refractivity contribution in [2.24, 2.45) is 0 Å². The first-order valence-electron chi connectivity index (χ1n) is 10.2. The van der Waals surface area contributed by atoms with Gasteiger partial charge in [-0.3, -0.25) is 4.79 Å². The van der Waals surface area contributed by atoms with E-state index in [4.69, 9.17) is 14.7 Å². The fraction of sp³-hybridized carbons (Fsp3) is 0.154. The summed E-state index contributed by atoms with van der Waals surface area (Å²) in [7, 11) is 3.21. The fourth-order valence-electron chi connectivity index (χ4n) is 3.98. The van der Waals surface area contributed by atoms with Crippen LogP contribution in [-0.4, -0.2) is 31.7 Å². The first kappa shape index (κ1) is 21.0. The van der Waals surface area contributed by atoms with Crippen LogP contribution in [0.5, 0.6) is 11.5 Å². The van der Waals surface area contributed by atoms with Gasteiger partial charge in [0.2, 0.25) is 0 Å². The summed E-state index contributed by atoms with van der Waals surface area (Å²) in [6.45, 7) is 0.334. The molecular formula is C26H23N3O3. The van der Waals surface area contributed by atoms with Crippen molar-refractivity contribution >= 4 is 16.8 Å². The standard InChI is InChI=1S/C26H23N3O3/c1-31-24-12-6-10-20(25(24)32-2)22(21-15-28-23-11-4-3-9-19(21)23)16-29-26(30)18-8-5-7-17(13-18)14-27/h3-13,15,22,28H,16H2,1-2H3,(H,29,30). The summed E-state index contributed by atoms with van der Waals surface area (Å²) >= 11 is 0. The smallest absolute Gasteiger partial charge is 0.251 e. The molecule has 0 saturated heterocycles. The molecule has 3 aromatic carbocycles. The van der Waals surface area contributed by atoms with E-state index in [0.717, 1.165) is 22.0 Å². The number of carbonyl (C=O) groups excluding carboxylic acids is 1. The van der Waals surface area contributed by atoms with Gasteiger partial charge >= 0.3 is 0 Å². The molecule has 1 amide bonds. The number of ether oxygens (including phenoxy) is 2. The average Bonchev–Trinajstić information content (AvgIpc) is 3.27. The van der Waals surface area contributed by atoms with Crippen molar-refractivity contribution in [3.63, 3.8) is 0 Å². The summed E-state index contributed by atoms with van der Waals surface area (Å²) in [4.78, 5) is 16.2. The minimum atomic E-state index is -0.242. The number of aromatic nitrogens is 1. The maximum Gasteiger partial charge on any atom is 0.251 e. The third-order valence-corrected chi connectivity index (χ3v) is 5.53. The molecule has 4 rings (SSSR count). The summed E-state index contributed by atoms with van der Waals surface area (Å²) in [6, 6.07) is 22.5. The Hall–Kier alpha value is -4.24. The number of amides is 1. The first-order chi connectivity index (χ1) is 15.7. The highest BCUT2D eigenvalue weighted by atomic mass is 16.5. The molecule has 0 aliphatic rings. The molecule has 0 fully saturated rings. The van der Waals surface area contributed by atoms with Gasteiger partial charge in [0, 0.05) is 40.7 Å². The Morgan fingerprint density at radius 1 is 1.03 bits per heavy atom. The Balaban J connectivity index is 1.74. The van der Waals surface area contributed by atoms with E-state index in [0.29, 0.717) is 29.2 Å². The van der Waals surface area contributed by atoms with Gasteiger partial charge < -0.3 is 19.8 Å². The zero-order chi connectivity index (χ0) is 22.5. The number of nitrogens with one attached hydrogen (secondary N) is 2. The van der Waals surface area contributed by atoms with Gasteiger partial charge in [0.1, 0.15) is 0 Å². The van der Waals surface area contributed by atoms with Crippen LogP contribution in [0.4, 0.5) is 0 Å². The van der Waals surface area contributed by atoms with Gasteiger partial charge in [-0.25, -0.2) is 0 Å².